The van der Waals surface area contributed by atoms with E-state index in [1.54, 1.807) is 11.8 Å². The van der Waals surface area contributed by atoms with Crippen LogP contribution in [-0.4, -0.2) is 22.2 Å². The highest BCUT2D eigenvalue weighted by atomic mass is 32.2. The number of hydrogen-bond donors (Lipinski definition) is 2. The van der Waals surface area contributed by atoms with Crippen molar-refractivity contribution in [3.63, 3.8) is 0 Å². The van der Waals surface area contributed by atoms with E-state index in [0.29, 0.717) is 11.8 Å². The largest absolute Gasteiger partial charge is 0.472 e. The third-order valence-electron chi connectivity index (χ3n) is 0.418. The number of carboxylic acid groups (broad SMARTS) is 2. The third kappa shape index (κ3) is 8.41. The van der Waals surface area contributed by atoms with Crippen molar-refractivity contribution in [1.82, 2.24) is 0 Å². The smallest absolute Gasteiger partial charge is 0.382 e. The first-order valence-electron chi connectivity index (χ1n) is 2.26. The van der Waals surface area contributed by atoms with Crippen LogP contribution < -0.4 is 0 Å². The fraction of sp³-hybridized carbons (Fsp3) is 0. The van der Waals surface area contributed by atoms with Gasteiger partial charge in [0.15, 0.2) is 0 Å². The van der Waals surface area contributed by atoms with Crippen molar-refractivity contribution in [2.75, 3.05) is 0 Å². The Bertz CT molecular complexity index is 255. The molecule has 0 rings (SSSR count). The van der Waals surface area contributed by atoms with Gasteiger partial charge < -0.3 is 10.2 Å². The molecule has 0 aromatic rings. The number of carboxylic acids is 2. The summed E-state index contributed by atoms with van der Waals surface area (Å²) < 4.78 is 0. The van der Waals surface area contributed by atoms with E-state index in [9.17, 15) is 9.59 Å². The van der Waals surface area contributed by atoms with Crippen molar-refractivity contribution in [2.24, 2.45) is 0 Å². The summed E-state index contributed by atoms with van der Waals surface area (Å²) >= 11 is 0.626. The molecule has 0 bridgehead atoms. The van der Waals surface area contributed by atoms with E-state index in [4.69, 9.17) is 10.2 Å². The number of hydrogen-bond acceptors (Lipinski definition) is 3. The van der Waals surface area contributed by atoms with Gasteiger partial charge in [0.1, 0.15) is 0 Å². The van der Waals surface area contributed by atoms with Crippen LogP contribution in [0.2, 0.25) is 0 Å². The summed E-state index contributed by atoms with van der Waals surface area (Å²) in [5, 5.41) is 20.1. The van der Waals surface area contributed by atoms with Crippen LogP contribution in [0.15, 0.2) is 0 Å². The molecule has 0 aromatic heterocycles. The molecule has 0 unspecified atom stereocenters. The van der Waals surface area contributed by atoms with Gasteiger partial charge in [0, 0.05) is 23.6 Å². The van der Waals surface area contributed by atoms with Gasteiger partial charge in [-0.15, -0.1) is 0 Å². The first-order valence-corrected chi connectivity index (χ1v) is 3.08. The van der Waals surface area contributed by atoms with E-state index in [1.165, 1.54) is 0 Å². The number of thioether (sulfide) groups is 1. The van der Waals surface area contributed by atoms with E-state index >= 15 is 0 Å². The highest BCUT2D eigenvalue weighted by molar-refractivity contribution is 8.08. The first kappa shape index (κ1) is 9.41. The van der Waals surface area contributed by atoms with Crippen LogP contribution in [-0.2, 0) is 9.59 Å². The normalized spacial score (nSPS) is 6.55. The molecule has 0 aliphatic rings. The molecule has 56 valence electrons. The molecule has 0 atom stereocenters. The minimum atomic E-state index is -1.27. The molecule has 0 saturated heterocycles. The summed E-state index contributed by atoms with van der Waals surface area (Å²) in [5.41, 5.74) is 0. The van der Waals surface area contributed by atoms with Gasteiger partial charge in [-0.3, -0.25) is 0 Å². The zero-order valence-electron chi connectivity index (χ0n) is 5.12. The van der Waals surface area contributed by atoms with Gasteiger partial charge in [-0.1, -0.05) is 0 Å². The summed E-state index contributed by atoms with van der Waals surface area (Å²) in [4.78, 5) is 19.5. The van der Waals surface area contributed by atoms with Gasteiger partial charge in [-0.05, 0) is 10.5 Å². The number of carbonyl (C=O) groups is 2. The number of aliphatic carboxylic acids is 2. The van der Waals surface area contributed by atoms with E-state index in [2.05, 4.69) is 10.5 Å². The number of rotatable bonds is 0. The lowest BCUT2D eigenvalue weighted by atomic mass is 10.7. The standard InChI is InChI=1S/C6H2O4S/c7-5(8)1-3-11-4-2-6(9)10/h(H,7,8)(H,9,10). The fourth-order valence-electron chi connectivity index (χ4n) is 0.164. The summed E-state index contributed by atoms with van der Waals surface area (Å²) in [7, 11) is 0. The first-order chi connectivity index (χ1) is 5.13. The zero-order valence-corrected chi connectivity index (χ0v) is 5.94. The van der Waals surface area contributed by atoms with Gasteiger partial charge in [0.25, 0.3) is 0 Å². The van der Waals surface area contributed by atoms with Crippen LogP contribution in [0.25, 0.3) is 0 Å². The lowest BCUT2D eigenvalue weighted by molar-refractivity contribution is -0.131. The molecule has 0 heterocycles. The molecule has 0 aliphatic carbocycles. The Morgan fingerprint density at radius 2 is 1.36 bits per heavy atom. The van der Waals surface area contributed by atoms with Crippen molar-refractivity contribution >= 4 is 23.7 Å². The van der Waals surface area contributed by atoms with Gasteiger partial charge in [-0.2, -0.15) is 0 Å². The quantitative estimate of drug-likeness (QED) is 0.493. The Morgan fingerprint density at radius 3 is 1.64 bits per heavy atom. The average Bonchev–Trinajstić information content (AvgIpc) is 1.85. The van der Waals surface area contributed by atoms with Crippen LogP contribution in [0.3, 0.4) is 0 Å². The van der Waals surface area contributed by atoms with E-state index < -0.39 is 11.9 Å². The van der Waals surface area contributed by atoms with Crippen molar-refractivity contribution in [1.29, 1.82) is 0 Å². The molecular weight excluding hydrogens is 168 g/mol. The topological polar surface area (TPSA) is 74.6 Å². The lowest BCUT2D eigenvalue weighted by Gasteiger charge is -1.70. The van der Waals surface area contributed by atoms with E-state index in [0.717, 1.165) is 0 Å². The minimum absolute atomic E-state index is 0.626. The predicted octanol–water partition coefficient (Wildman–Crippen LogP) is -0.189. The molecule has 0 spiro atoms. The molecule has 0 aromatic carbocycles. The van der Waals surface area contributed by atoms with Crippen LogP contribution in [0.4, 0.5) is 0 Å². The van der Waals surface area contributed by atoms with Crippen molar-refractivity contribution < 1.29 is 19.8 Å². The molecule has 0 saturated carbocycles. The zero-order chi connectivity index (χ0) is 8.69. The summed E-state index contributed by atoms with van der Waals surface area (Å²) in [6.45, 7) is 0. The SMILES string of the molecule is O=C(O)C#CSC#CC(=O)O. The maximum absolute atomic E-state index is 9.74. The highest BCUT2D eigenvalue weighted by Crippen LogP contribution is 1.89. The molecule has 0 amide bonds. The summed E-state index contributed by atoms with van der Waals surface area (Å²) in [5.74, 6) is 0.969. The van der Waals surface area contributed by atoms with Crippen molar-refractivity contribution in [3.05, 3.63) is 0 Å². The second kappa shape index (κ2) is 5.21. The molecule has 5 heteroatoms. The monoisotopic (exact) mass is 170 g/mol. The maximum atomic E-state index is 9.74. The van der Waals surface area contributed by atoms with Gasteiger partial charge >= 0.3 is 11.9 Å². The Labute approximate surface area is 66.6 Å². The van der Waals surface area contributed by atoms with Gasteiger partial charge in [0.05, 0.1) is 0 Å². The molecular formula is C6H2O4S. The van der Waals surface area contributed by atoms with Crippen LogP contribution in [0, 0.1) is 22.3 Å². The van der Waals surface area contributed by atoms with Crippen LogP contribution >= 0.6 is 11.8 Å². The average molecular weight is 170 g/mol. The van der Waals surface area contributed by atoms with Gasteiger partial charge in [0.2, 0.25) is 0 Å². The predicted molar refractivity (Wildman–Crippen MR) is 38.4 cm³/mol. The lowest BCUT2D eigenvalue weighted by Crippen LogP contribution is -1.86. The molecule has 4 nitrogen and oxygen atoms in total. The fourth-order valence-corrected chi connectivity index (χ4v) is 0.492. The second-order valence-corrected chi connectivity index (χ2v) is 1.78. The third-order valence-corrected chi connectivity index (χ3v) is 0.826. The minimum Gasteiger partial charge on any atom is -0.472 e. The maximum Gasteiger partial charge on any atom is 0.382 e. The van der Waals surface area contributed by atoms with Crippen LogP contribution in [0.1, 0.15) is 0 Å². The van der Waals surface area contributed by atoms with Gasteiger partial charge in [-0.25, -0.2) is 9.59 Å². The molecule has 0 radical (unpaired) electrons. The Balaban J connectivity index is 3.79. The second-order valence-electron chi connectivity index (χ2n) is 1.17. The summed E-state index contributed by atoms with van der Waals surface area (Å²) in [6.07, 6.45) is 0. The molecule has 0 fully saturated rings. The molecule has 11 heavy (non-hydrogen) atoms. The molecule has 0 aliphatic heterocycles. The Hall–Kier alpha value is -1.59. The molecule has 2 N–H and O–H groups in total. The van der Waals surface area contributed by atoms with Crippen LogP contribution in [0.5, 0.6) is 0 Å². The highest BCUT2D eigenvalue weighted by Gasteiger charge is 1.82. The van der Waals surface area contributed by atoms with Crippen molar-refractivity contribution in [2.45, 2.75) is 0 Å². The Morgan fingerprint density at radius 1 is 1.00 bits per heavy atom. The van der Waals surface area contributed by atoms with Crippen molar-refractivity contribution in [3.8, 4) is 22.3 Å². The Kier molecular flexibility index (Phi) is 4.46. The van der Waals surface area contributed by atoms with E-state index in [-0.39, 0.29) is 0 Å². The van der Waals surface area contributed by atoms with E-state index in [1.807, 2.05) is 0 Å². The summed E-state index contributed by atoms with van der Waals surface area (Å²) in [6, 6.07) is 0.